The Morgan fingerprint density at radius 2 is 1.83 bits per heavy atom. The first-order valence-electron chi connectivity index (χ1n) is 5.60. The summed E-state index contributed by atoms with van der Waals surface area (Å²) < 4.78 is 28.2. The highest BCUT2D eigenvalue weighted by molar-refractivity contribution is 7.86. The number of carbonyl (C=O) groups is 1. The predicted molar refractivity (Wildman–Crippen MR) is 65.8 cm³/mol. The highest BCUT2D eigenvalue weighted by atomic mass is 32.2. The van der Waals surface area contributed by atoms with Gasteiger partial charge < -0.3 is 5.11 Å². The number of carboxylic acid groups (broad SMARTS) is 1. The summed E-state index contributed by atoms with van der Waals surface area (Å²) in [5.74, 6) is -0.892. The standard InChI is InChI=1S/C12H16O5S/c1-10-5-7-11(8-6-10)18(15,16)17-9-3-2-4-12(13)14/h5-8H,2-4,9H2,1H3,(H,13,14). The third kappa shape index (κ3) is 4.85. The monoisotopic (exact) mass is 272 g/mol. The molecule has 0 heterocycles. The average molecular weight is 272 g/mol. The van der Waals surface area contributed by atoms with Gasteiger partial charge in [0.2, 0.25) is 0 Å². The summed E-state index contributed by atoms with van der Waals surface area (Å²) in [4.78, 5) is 10.4. The summed E-state index contributed by atoms with van der Waals surface area (Å²) in [5.41, 5.74) is 0.968. The number of carboxylic acids is 1. The number of hydrogen-bond donors (Lipinski definition) is 1. The maximum atomic E-state index is 11.7. The van der Waals surface area contributed by atoms with E-state index in [0.717, 1.165) is 5.56 Å². The van der Waals surface area contributed by atoms with Crippen LogP contribution in [0.1, 0.15) is 24.8 Å². The Bertz CT molecular complexity index is 490. The van der Waals surface area contributed by atoms with Crippen LogP contribution in [0.2, 0.25) is 0 Å². The molecule has 1 aromatic carbocycles. The van der Waals surface area contributed by atoms with Crippen molar-refractivity contribution in [3.63, 3.8) is 0 Å². The molecular formula is C12H16O5S. The lowest BCUT2D eigenvalue weighted by Crippen LogP contribution is -2.08. The molecule has 0 bridgehead atoms. The fourth-order valence-electron chi connectivity index (χ4n) is 1.32. The van der Waals surface area contributed by atoms with Gasteiger partial charge in [-0.2, -0.15) is 8.42 Å². The lowest BCUT2D eigenvalue weighted by atomic mass is 10.2. The summed E-state index contributed by atoms with van der Waals surface area (Å²) in [5, 5.41) is 8.42. The van der Waals surface area contributed by atoms with Crippen molar-refractivity contribution in [2.75, 3.05) is 6.61 Å². The molecule has 0 radical (unpaired) electrons. The van der Waals surface area contributed by atoms with Crippen LogP contribution in [0.15, 0.2) is 29.2 Å². The van der Waals surface area contributed by atoms with Crippen LogP contribution in [-0.4, -0.2) is 26.1 Å². The second-order valence-electron chi connectivity index (χ2n) is 3.94. The maximum absolute atomic E-state index is 11.7. The van der Waals surface area contributed by atoms with E-state index in [1.807, 2.05) is 6.92 Å². The minimum atomic E-state index is -3.73. The number of aliphatic carboxylic acids is 1. The summed E-state index contributed by atoms with van der Waals surface area (Å²) in [6.45, 7) is 1.87. The highest BCUT2D eigenvalue weighted by Gasteiger charge is 2.14. The molecule has 0 aliphatic heterocycles. The Morgan fingerprint density at radius 1 is 1.22 bits per heavy atom. The molecule has 0 fully saturated rings. The predicted octanol–water partition coefficient (Wildman–Crippen LogP) is 1.96. The quantitative estimate of drug-likeness (QED) is 0.606. The molecule has 6 heteroatoms. The second kappa shape index (κ2) is 6.51. The number of aryl methyl sites for hydroxylation is 1. The zero-order valence-electron chi connectivity index (χ0n) is 10.1. The molecular weight excluding hydrogens is 256 g/mol. The smallest absolute Gasteiger partial charge is 0.303 e. The maximum Gasteiger partial charge on any atom is 0.303 e. The molecule has 1 N–H and O–H groups in total. The average Bonchev–Trinajstić information content (AvgIpc) is 2.28. The van der Waals surface area contributed by atoms with E-state index in [-0.39, 0.29) is 17.9 Å². The van der Waals surface area contributed by atoms with Crippen molar-refractivity contribution in [2.24, 2.45) is 0 Å². The molecule has 1 aromatic rings. The molecule has 1 rings (SSSR count). The Morgan fingerprint density at radius 3 is 2.39 bits per heavy atom. The van der Waals surface area contributed by atoms with Crippen LogP contribution in [0.5, 0.6) is 0 Å². The first kappa shape index (κ1) is 14.7. The van der Waals surface area contributed by atoms with Crippen LogP contribution >= 0.6 is 0 Å². The van der Waals surface area contributed by atoms with Gasteiger partial charge in [-0.1, -0.05) is 17.7 Å². The largest absolute Gasteiger partial charge is 0.481 e. The zero-order chi connectivity index (χ0) is 13.6. The summed E-state index contributed by atoms with van der Waals surface area (Å²) in [7, 11) is -3.73. The molecule has 0 unspecified atom stereocenters. The zero-order valence-corrected chi connectivity index (χ0v) is 10.9. The molecule has 100 valence electrons. The van der Waals surface area contributed by atoms with E-state index in [1.165, 1.54) is 12.1 Å². The van der Waals surface area contributed by atoms with E-state index in [2.05, 4.69) is 0 Å². The van der Waals surface area contributed by atoms with Crippen LogP contribution in [0.4, 0.5) is 0 Å². The first-order chi connectivity index (χ1) is 8.42. The van der Waals surface area contributed by atoms with Gasteiger partial charge in [-0.15, -0.1) is 0 Å². The minimum absolute atomic E-state index is 0.00346. The lowest BCUT2D eigenvalue weighted by molar-refractivity contribution is -0.137. The number of unbranched alkanes of at least 4 members (excludes halogenated alkanes) is 1. The fourth-order valence-corrected chi connectivity index (χ4v) is 2.26. The van der Waals surface area contributed by atoms with Crippen molar-refractivity contribution in [2.45, 2.75) is 31.1 Å². The molecule has 18 heavy (non-hydrogen) atoms. The molecule has 0 aromatic heterocycles. The minimum Gasteiger partial charge on any atom is -0.481 e. The molecule has 0 saturated carbocycles. The lowest BCUT2D eigenvalue weighted by Gasteiger charge is -2.05. The third-order valence-electron chi connectivity index (χ3n) is 2.33. The second-order valence-corrected chi connectivity index (χ2v) is 5.56. The Kier molecular flexibility index (Phi) is 5.30. The summed E-state index contributed by atoms with van der Waals surface area (Å²) in [6, 6.07) is 6.37. The first-order valence-corrected chi connectivity index (χ1v) is 7.00. The van der Waals surface area contributed by atoms with E-state index < -0.39 is 16.1 Å². The number of hydrogen-bond acceptors (Lipinski definition) is 4. The fraction of sp³-hybridized carbons (Fsp3) is 0.417. The summed E-state index contributed by atoms with van der Waals surface area (Å²) >= 11 is 0. The van der Waals surface area contributed by atoms with Crippen LogP contribution in [-0.2, 0) is 19.1 Å². The number of benzene rings is 1. The SMILES string of the molecule is Cc1ccc(S(=O)(=O)OCCCCC(=O)O)cc1. The Balaban J connectivity index is 2.45. The van der Waals surface area contributed by atoms with E-state index in [9.17, 15) is 13.2 Å². The van der Waals surface area contributed by atoms with Crippen LogP contribution in [0, 0.1) is 6.92 Å². The van der Waals surface area contributed by atoms with Crippen molar-refractivity contribution in [3.8, 4) is 0 Å². The number of rotatable bonds is 7. The van der Waals surface area contributed by atoms with Gasteiger partial charge in [0.25, 0.3) is 10.1 Å². The van der Waals surface area contributed by atoms with Crippen molar-refractivity contribution in [1.29, 1.82) is 0 Å². The third-order valence-corrected chi connectivity index (χ3v) is 3.66. The van der Waals surface area contributed by atoms with Crippen molar-refractivity contribution in [1.82, 2.24) is 0 Å². The topological polar surface area (TPSA) is 80.7 Å². The normalized spacial score (nSPS) is 11.4. The van der Waals surface area contributed by atoms with Crippen molar-refractivity contribution in [3.05, 3.63) is 29.8 Å². The van der Waals surface area contributed by atoms with E-state index in [0.29, 0.717) is 12.8 Å². The van der Waals surface area contributed by atoms with Crippen LogP contribution in [0.25, 0.3) is 0 Å². The van der Waals surface area contributed by atoms with E-state index >= 15 is 0 Å². The van der Waals surface area contributed by atoms with E-state index in [4.69, 9.17) is 9.29 Å². The van der Waals surface area contributed by atoms with Gasteiger partial charge in [0, 0.05) is 6.42 Å². The Labute approximate surface area is 107 Å². The summed E-state index contributed by atoms with van der Waals surface area (Å²) in [6.07, 6.45) is 0.823. The van der Waals surface area contributed by atoms with Crippen molar-refractivity contribution >= 4 is 16.1 Å². The van der Waals surface area contributed by atoms with Gasteiger partial charge >= 0.3 is 5.97 Å². The van der Waals surface area contributed by atoms with Crippen LogP contribution < -0.4 is 0 Å². The highest BCUT2D eigenvalue weighted by Crippen LogP contribution is 2.13. The van der Waals surface area contributed by atoms with Gasteiger partial charge in [0.05, 0.1) is 11.5 Å². The molecule has 0 aliphatic rings. The van der Waals surface area contributed by atoms with E-state index in [1.54, 1.807) is 12.1 Å². The molecule has 5 nitrogen and oxygen atoms in total. The van der Waals surface area contributed by atoms with Gasteiger partial charge in [0.1, 0.15) is 0 Å². The Hall–Kier alpha value is -1.40. The van der Waals surface area contributed by atoms with Crippen molar-refractivity contribution < 1.29 is 22.5 Å². The van der Waals surface area contributed by atoms with Gasteiger partial charge in [0.15, 0.2) is 0 Å². The molecule has 0 amide bonds. The molecule has 0 saturated heterocycles. The molecule has 0 aliphatic carbocycles. The molecule has 0 atom stereocenters. The van der Waals surface area contributed by atoms with Gasteiger partial charge in [-0.25, -0.2) is 0 Å². The van der Waals surface area contributed by atoms with Gasteiger partial charge in [-0.3, -0.25) is 8.98 Å². The van der Waals surface area contributed by atoms with Gasteiger partial charge in [-0.05, 0) is 31.9 Å². The van der Waals surface area contributed by atoms with Crippen LogP contribution in [0.3, 0.4) is 0 Å². The molecule has 0 spiro atoms.